The predicted molar refractivity (Wildman–Crippen MR) is 202 cm³/mol. The van der Waals surface area contributed by atoms with Crippen LogP contribution in [-0.4, -0.2) is 0 Å². The quantitative estimate of drug-likeness (QED) is 0.183. The molecule has 0 N–H and O–H groups in total. The van der Waals surface area contributed by atoms with Crippen LogP contribution in [-0.2, 0) is 0 Å². The third-order valence-electron chi connectivity index (χ3n) is 9.42. The number of rotatable bonds is 4. The molecule has 0 spiro atoms. The van der Waals surface area contributed by atoms with Crippen molar-refractivity contribution in [3.8, 4) is 11.1 Å². The zero-order chi connectivity index (χ0) is 30.9. The Morgan fingerprint density at radius 1 is 0.404 bits per heavy atom. The van der Waals surface area contributed by atoms with E-state index in [0.717, 1.165) is 39.0 Å². The topological polar surface area (TPSA) is 16.4 Å². The highest BCUT2D eigenvalue weighted by atomic mass is 32.1. The van der Waals surface area contributed by atoms with Crippen LogP contribution in [0.1, 0.15) is 0 Å². The molecule has 8 aromatic carbocycles. The molecule has 0 bridgehead atoms. The molecular formula is C44H27NOS. The summed E-state index contributed by atoms with van der Waals surface area (Å²) in [5.74, 6) is 0. The number of thiophene rings is 1. The molecule has 0 aliphatic rings. The van der Waals surface area contributed by atoms with E-state index in [1.807, 2.05) is 17.4 Å². The summed E-state index contributed by atoms with van der Waals surface area (Å²) in [6, 6.07) is 59.1. The number of hydrogen-bond donors (Lipinski definition) is 0. The Bertz CT molecular complexity index is 2810. The van der Waals surface area contributed by atoms with Gasteiger partial charge in [0, 0.05) is 36.9 Å². The summed E-state index contributed by atoms with van der Waals surface area (Å²) in [5, 5.41) is 9.76. The molecule has 47 heavy (non-hydrogen) atoms. The van der Waals surface area contributed by atoms with Gasteiger partial charge in [0.1, 0.15) is 11.2 Å². The Morgan fingerprint density at radius 3 is 1.98 bits per heavy atom. The SMILES string of the molecule is c1ccc(-c2ccc3c(ccc4cc(N(c5ccc6sc7ccccc7c6c5)c5cccc6oc7ccccc7c56)ccc43)c2)cc1. The van der Waals surface area contributed by atoms with Crippen molar-refractivity contribution in [1.82, 2.24) is 0 Å². The normalized spacial score (nSPS) is 11.8. The molecule has 0 radical (unpaired) electrons. The van der Waals surface area contributed by atoms with Crippen molar-refractivity contribution in [3.63, 3.8) is 0 Å². The van der Waals surface area contributed by atoms with E-state index in [-0.39, 0.29) is 0 Å². The van der Waals surface area contributed by atoms with Gasteiger partial charge in [-0.25, -0.2) is 0 Å². The fraction of sp³-hybridized carbons (Fsp3) is 0. The number of benzene rings is 8. The molecule has 10 aromatic rings. The van der Waals surface area contributed by atoms with Gasteiger partial charge < -0.3 is 9.32 Å². The van der Waals surface area contributed by atoms with E-state index >= 15 is 0 Å². The first-order valence-corrected chi connectivity index (χ1v) is 16.7. The highest BCUT2D eigenvalue weighted by molar-refractivity contribution is 7.25. The molecule has 0 aliphatic heterocycles. The molecule has 2 nitrogen and oxygen atoms in total. The first-order chi connectivity index (χ1) is 23.3. The van der Waals surface area contributed by atoms with Gasteiger partial charge in [0.2, 0.25) is 0 Å². The number of para-hydroxylation sites is 1. The number of anilines is 3. The fourth-order valence-corrected chi connectivity index (χ4v) is 8.32. The second kappa shape index (κ2) is 10.3. The third-order valence-corrected chi connectivity index (χ3v) is 10.6. The first kappa shape index (κ1) is 26.3. The Kier molecular flexibility index (Phi) is 5.78. The zero-order valence-corrected chi connectivity index (χ0v) is 26.2. The molecule has 0 aliphatic carbocycles. The highest BCUT2D eigenvalue weighted by Crippen LogP contribution is 2.45. The lowest BCUT2D eigenvalue weighted by molar-refractivity contribution is 0.669. The van der Waals surface area contributed by atoms with Crippen LogP contribution >= 0.6 is 11.3 Å². The second-order valence-corrected chi connectivity index (χ2v) is 13.2. The molecule has 220 valence electrons. The maximum absolute atomic E-state index is 6.37. The molecule has 0 saturated carbocycles. The highest BCUT2D eigenvalue weighted by Gasteiger charge is 2.20. The first-order valence-electron chi connectivity index (χ1n) is 15.9. The summed E-state index contributed by atoms with van der Waals surface area (Å²) in [4.78, 5) is 2.40. The van der Waals surface area contributed by atoms with Gasteiger partial charge in [0.25, 0.3) is 0 Å². The van der Waals surface area contributed by atoms with Crippen LogP contribution in [0.4, 0.5) is 17.1 Å². The van der Waals surface area contributed by atoms with Gasteiger partial charge >= 0.3 is 0 Å². The molecule has 0 amide bonds. The summed E-state index contributed by atoms with van der Waals surface area (Å²) in [5.41, 5.74) is 7.57. The van der Waals surface area contributed by atoms with Gasteiger partial charge in [-0.05, 0) is 93.3 Å². The third kappa shape index (κ3) is 4.17. The minimum absolute atomic E-state index is 0.886. The molecular weight excluding hydrogens is 591 g/mol. The van der Waals surface area contributed by atoms with Gasteiger partial charge in [0.05, 0.1) is 11.1 Å². The van der Waals surface area contributed by atoms with Crippen LogP contribution in [0.15, 0.2) is 168 Å². The number of fused-ring (bicyclic) bond motifs is 9. The Balaban J connectivity index is 1.20. The maximum atomic E-state index is 6.37. The lowest BCUT2D eigenvalue weighted by Gasteiger charge is -2.27. The van der Waals surface area contributed by atoms with E-state index in [0.29, 0.717) is 0 Å². The predicted octanol–water partition coefficient (Wildman–Crippen LogP) is 13.4. The molecule has 0 saturated heterocycles. The summed E-state index contributed by atoms with van der Waals surface area (Å²) in [7, 11) is 0. The number of furan rings is 1. The van der Waals surface area contributed by atoms with E-state index in [1.54, 1.807) is 0 Å². The van der Waals surface area contributed by atoms with Crippen molar-refractivity contribution in [1.29, 1.82) is 0 Å². The summed E-state index contributed by atoms with van der Waals surface area (Å²) in [6.45, 7) is 0. The lowest BCUT2D eigenvalue weighted by Crippen LogP contribution is -2.10. The minimum Gasteiger partial charge on any atom is -0.456 e. The van der Waals surface area contributed by atoms with Gasteiger partial charge in [-0.1, -0.05) is 103 Å². The molecule has 2 heterocycles. The van der Waals surface area contributed by atoms with Crippen molar-refractivity contribution in [2.24, 2.45) is 0 Å². The van der Waals surface area contributed by atoms with E-state index < -0.39 is 0 Å². The number of nitrogens with zero attached hydrogens (tertiary/aromatic N) is 1. The molecule has 3 heteroatoms. The van der Waals surface area contributed by atoms with Crippen molar-refractivity contribution in [2.45, 2.75) is 0 Å². The van der Waals surface area contributed by atoms with E-state index in [4.69, 9.17) is 4.42 Å². The minimum atomic E-state index is 0.886. The van der Waals surface area contributed by atoms with Crippen LogP contribution in [0.5, 0.6) is 0 Å². The van der Waals surface area contributed by atoms with Crippen molar-refractivity contribution in [3.05, 3.63) is 164 Å². The average molecular weight is 618 g/mol. The smallest absolute Gasteiger partial charge is 0.137 e. The van der Waals surface area contributed by atoms with E-state index in [2.05, 4.69) is 163 Å². The van der Waals surface area contributed by atoms with Gasteiger partial charge in [-0.2, -0.15) is 0 Å². The van der Waals surface area contributed by atoms with Gasteiger partial charge in [0.15, 0.2) is 0 Å². The van der Waals surface area contributed by atoms with Crippen LogP contribution in [0.25, 0.3) is 74.8 Å². The lowest BCUT2D eigenvalue weighted by atomic mass is 9.97. The molecule has 0 fully saturated rings. The van der Waals surface area contributed by atoms with Gasteiger partial charge in [-0.3, -0.25) is 0 Å². The summed E-state index contributed by atoms with van der Waals surface area (Å²) >= 11 is 1.85. The van der Waals surface area contributed by atoms with Gasteiger partial charge in [-0.15, -0.1) is 11.3 Å². The zero-order valence-electron chi connectivity index (χ0n) is 25.4. The fourth-order valence-electron chi connectivity index (χ4n) is 7.23. The number of hydrogen-bond acceptors (Lipinski definition) is 3. The van der Waals surface area contributed by atoms with E-state index in [9.17, 15) is 0 Å². The van der Waals surface area contributed by atoms with Crippen LogP contribution < -0.4 is 4.90 Å². The molecule has 0 unspecified atom stereocenters. The Morgan fingerprint density at radius 2 is 1.09 bits per heavy atom. The van der Waals surface area contributed by atoms with Crippen molar-refractivity contribution in [2.75, 3.05) is 4.90 Å². The average Bonchev–Trinajstić information content (AvgIpc) is 3.70. The molecule has 2 aromatic heterocycles. The summed E-state index contributed by atoms with van der Waals surface area (Å²) < 4.78 is 8.97. The maximum Gasteiger partial charge on any atom is 0.137 e. The Labute approximate surface area is 275 Å². The van der Waals surface area contributed by atoms with Crippen LogP contribution in [0.3, 0.4) is 0 Å². The largest absolute Gasteiger partial charge is 0.456 e. The van der Waals surface area contributed by atoms with E-state index in [1.165, 1.54) is 52.8 Å². The second-order valence-electron chi connectivity index (χ2n) is 12.1. The van der Waals surface area contributed by atoms with Crippen molar-refractivity contribution < 1.29 is 4.42 Å². The summed E-state index contributed by atoms with van der Waals surface area (Å²) in [6.07, 6.45) is 0. The molecule has 10 rings (SSSR count). The standard InChI is InChI=1S/C44H27NOS/c1-2-9-28(10-3-1)29-19-22-34-30(25-29)17-18-31-26-32(20-23-35(31)34)45(33-21-24-43-38(27-33)36-11-5-7-16-42(36)47-43)39-13-8-15-41-44(39)37-12-4-6-14-40(37)46-41/h1-27H. The van der Waals surface area contributed by atoms with Crippen LogP contribution in [0, 0.1) is 0 Å². The Hall–Kier alpha value is -5.90. The van der Waals surface area contributed by atoms with Crippen molar-refractivity contribution >= 4 is 92.1 Å². The monoisotopic (exact) mass is 617 g/mol. The van der Waals surface area contributed by atoms with Crippen LogP contribution in [0.2, 0.25) is 0 Å². The molecule has 0 atom stereocenters.